The van der Waals surface area contributed by atoms with Crippen molar-refractivity contribution in [2.45, 2.75) is 20.3 Å². The predicted octanol–water partition coefficient (Wildman–Crippen LogP) is 0.795. The molecule has 1 unspecified atom stereocenters. The Morgan fingerprint density at radius 2 is 2.27 bits per heavy atom. The van der Waals surface area contributed by atoms with E-state index in [1.165, 1.54) is 6.92 Å². The van der Waals surface area contributed by atoms with Gasteiger partial charge in [0.1, 0.15) is 0 Å². The Kier molecular flexibility index (Phi) is 5.84. The largest absolute Gasteiger partial charge is 0.384 e. The lowest BCUT2D eigenvalue weighted by molar-refractivity contribution is -0.119. The fourth-order valence-corrected chi connectivity index (χ4v) is 0.845. The van der Waals surface area contributed by atoms with E-state index in [9.17, 15) is 4.79 Å². The standard InChI is InChI=1S/C8H17NO2/c1-4-8(6-11-3)5-9-7(2)10/h8H,4-6H2,1-3H3,(H,9,10). The van der Waals surface area contributed by atoms with Gasteiger partial charge >= 0.3 is 0 Å². The highest BCUT2D eigenvalue weighted by atomic mass is 16.5. The van der Waals surface area contributed by atoms with Crippen molar-refractivity contribution in [1.82, 2.24) is 5.32 Å². The van der Waals surface area contributed by atoms with Crippen molar-refractivity contribution >= 4 is 5.91 Å². The summed E-state index contributed by atoms with van der Waals surface area (Å²) in [5.74, 6) is 0.475. The monoisotopic (exact) mass is 159 g/mol. The molecule has 0 aromatic heterocycles. The molecule has 1 N–H and O–H groups in total. The van der Waals surface area contributed by atoms with E-state index in [0.29, 0.717) is 5.92 Å². The molecule has 1 atom stereocenters. The summed E-state index contributed by atoms with van der Waals surface area (Å²) in [4.78, 5) is 10.5. The van der Waals surface area contributed by atoms with Gasteiger partial charge in [0.05, 0.1) is 6.61 Å². The first-order valence-electron chi connectivity index (χ1n) is 3.94. The molecule has 3 heteroatoms. The number of ether oxygens (including phenoxy) is 1. The van der Waals surface area contributed by atoms with Crippen molar-refractivity contribution < 1.29 is 9.53 Å². The van der Waals surface area contributed by atoms with Crippen LogP contribution < -0.4 is 5.32 Å². The summed E-state index contributed by atoms with van der Waals surface area (Å²) in [6, 6.07) is 0. The maximum absolute atomic E-state index is 10.5. The van der Waals surface area contributed by atoms with Crippen LogP contribution in [0, 0.1) is 5.92 Å². The van der Waals surface area contributed by atoms with Gasteiger partial charge in [0.15, 0.2) is 0 Å². The van der Waals surface area contributed by atoms with Crippen LogP contribution in [-0.4, -0.2) is 26.2 Å². The molecule has 0 radical (unpaired) electrons. The van der Waals surface area contributed by atoms with Crippen molar-refractivity contribution in [2.75, 3.05) is 20.3 Å². The lowest BCUT2D eigenvalue weighted by Crippen LogP contribution is -2.28. The van der Waals surface area contributed by atoms with Gasteiger partial charge in [-0.3, -0.25) is 4.79 Å². The molecule has 0 spiro atoms. The molecule has 0 bridgehead atoms. The third-order valence-corrected chi connectivity index (χ3v) is 1.62. The van der Waals surface area contributed by atoms with Gasteiger partial charge in [-0.15, -0.1) is 0 Å². The first-order chi connectivity index (χ1) is 5.20. The quantitative estimate of drug-likeness (QED) is 0.644. The van der Waals surface area contributed by atoms with E-state index in [-0.39, 0.29) is 5.91 Å². The predicted molar refractivity (Wildman–Crippen MR) is 44.3 cm³/mol. The van der Waals surface area contributed by atoms with E-state index < -0.39 is 0 Å². The van der Waals surface area contributed by atoms with E-state index in [1.54, 1.807) is 7.11 Å². The van der Waals surface area contributed by atoms with Crippen molar-refractivity contribution in [3.8, 4) is 0 Å². The van der Waals surface area contributed by atoms with Crippen molar-refractivity contribution in [3.63, 3.8) is 0 Å². The van der Waals surface area contributed by atoms with Crippen LogP contribution in [0.1, 0.15) is 20.3 Å². The lowest BCUT2D eigenvalue weighted by atomic mass is 10.1. The SMILES string of the molecule is CCC(CNC(C)=O)COC. The van der Waals surface area contributed by atoms with Crippen LogP contribution in [0.2, 0.25) is 0 Å². The number of carbonyl (C=O) groups is 1. The second-order valence-electron chi connectivity index (χ2n) is 2.67. The second-order valence-corrected chi connectivity index (χ2v) is 2.67. The third-order valence-electron chi connectivity index (χ3n) is 1.62. The number of methoxy groups -OCH3 is 1. The van der Waals surface area contributed by atoms with Crippen LogP contribution in [0.15, 0.2) is 0 Å². The first kappa shape index (κ1) is 10.4. The molecule has 1 amide bonds. The molecule has 0 aromatic rings. The second kappa shape index (κ2) is 6.16. The van der Waals surface area contributed by atoms with Crippen LogP contribution in [0.4, 0.5) is 0 Å². The average Bonchev–Trinajstić information content (AvgIpc) is 1.97. The highest BCUT2D eigenvalue weighted by molar-refractivity contribution is 5.72. The Morgan fingerprint density at radius 3 is 2.64 bits per heavy atom. The molecule has 0 aliphatic rings. The minimum absolute atomic E-state index is 0.0274. The highest BCUT2D eigenvalue weighted by Crippen LogP contribution is 2.00. The Bertz CT molecular complexity index is 115. The topological polar surface area (TPSA) is 38.3 Å². The van der Waals surface area contributed by atoms with E-state index >= 15 is 0 Å². The minimum atomic E-state index is 0.0274. The fourth-order valence-electron chi connectivity index (χ4n) is 0.845. The molecule has 11 heavy (non-hydrogen) atoms. The summed E-state index contributed by atoms with van der Waals surface area (Å²) < 4.78 is 4.98. The van der Waals surface area contributed by atoms with E-state index in [2.05, 4.69) is 12.2 Å². The number of amides is 1. The normalized spacial score (nSPS) is 12.6. The van der Waals surface area contributed by atoms with Crippen LogP contribution in [-0.2, 0) is 9.53 Å². The molecule has 3 nitrogen and oxygen atoms in total. The summed E-state index contributed by atoms with van der Waals surface area (Å²) in [6.45, 7) is 5.06. The lowest BCUT2D eigenvalue weighted by Gasteiger charge is -2.13. The maximum atomic E-state index is 10.5. The minimum Gasteiger partial charge on any atom is -0.384 e. The molecular weight excluding hydrogens is 142 g/mol. The number of hydrogen-bond acceptors (Lipinski definition) is 2. The van der Waals surface area contributed by atoms with Gasteiger partial charge in [-0.05, 0) is 12.3 Å². The summed E-state index contributed by atoms with van der Waals surface area (Å²) >= 11 is 0. The molecule has 0 fully saturated rings. The third kappa shape index (κ3) is 5.85. The zero-order valence-electron chi connectivity index (χ0n) is 7.52. The molecule has 0 saturated heterocycles. The van der Waals surface area contributed by atoms with Crippen molar-refractivity contribution in [3.05, 3.63) is 0 Å². The van der Waals surface area contributed by atoms with Gasteiger partial charge in [0.25, 0.3) is 0 Å². The van der Waals surface area contributed by atoms with Crippen LogP contribution >= 0.6 is 0 Å². The highest BCUT2D eigenvalue weighted by Gasteiger charge is 2.05. The fraction of sp³-hybridized carbons (Fsp3) is 0.875. The summed E-state index contributed by atoms with van der Waals surface area (Å²) in [5, 5.41) is 2.76. The van der Waals surface area contributed by atoms with Gasteiger partial charge in [0, 0.05) is 20.6 Å². The van der Waals surface area contributed by atoms with E-state index in [1.807, 2.05) is 0 Å². The van der Waals surface area contributed by atoms with E-state index in [4.69, 9.17) is 4.74 Å². The smallest absolute Gasteiger partial charge is 0.216 e. The number of nitrogens with one attached hydrogen (secondary N) is 1. The molecular formula is C8H17NO2. The zero-order chi connectivity index (χ0) is 8.69. The van der Waals surface area contributed by atoms with Gasteiger partial charge in [-0.25, -0.2) is 0 Å². The van der Waals surface area contributed by atoms with Crippen LogP contribution in [0.3, 0.4) is 0 Å². The molecule has 0 aliphatic carbocycles. The van der Waals surface area contributed by atoms with E-state index in [0.717, 1.165) is 19.6 Å². The van der Waals surface area contributed by atoms with Gasteiger partial charge in [0.2, 0.25) is 5.91 Å². The molecule has 66 valence electrons. The summed E-state index contributed by atoms with van der Waals surface area (Å²) in [7, 11) is 1.68. The van der Waals surface area contributed by atoms with Crippen LogP contribution in [0.5, 0.6) is 0 Å². The van der Waals surface area contributed by atoms with Crippen molar-refractivity contribution in [2.24, 2.45) is 5.92 Å². The number of hydrogen-bond donors (Lipinski definition) is 1. The summed E-state index contributed by atoms with van der Waals surface area (Å²) in [6.07, 6.45) is 1.04. The molecule has 0 heterocycles. The Morgan fingerprint density at radius 1 is 1.64 bits per heavy atom. The molecule has 0 aromatic carbocycles. The summed E-state index contributed by atoms with van der Waals surface area (Å²) in [5.41, 5.74) is 0. The van der Waals surface area contributed by atoms with Gasteiger partial charge in [-0.2, -0.15) is 0 Å². The molecule has 0 saturated carbocycles. The maximum Gasteiger partial charge on any atom is 0.216 e. The number of rotatable bonds is 5. The molecule has 0 rings (SSSR count). The van der Waals surface area contributed by atoms with Crippen molar-refractivity contribution in [1.29, 1.82) is 0 Å². The number of carbonyl (C=O) groups excluding carboxylic acids is 1. The van der Waals surface area contributed by atoms with Gasteiger partial charge < -0.3 is 10.1 Å². The van der Waals surface area contributed by atoms with Crippen LogP contribution in [0.25, 0.3) is 0 Å². The first-order valence-corrected chi connectivity index (χ1v) is 3.94. The van der Waals surface area contributed by atoms with Gasteiger partial charge in [-0.1, -0.05) is 6.92 Å². The Balaban J connectivity index is 3.43. The zero-order valence-corrected chi connectivity index (χ0v) is 7.52. The average molecular weight is 159 g/mol. The molecule has 0 aliphatic heterocycles. The Labute approximate surface area is 68.1 Å². The Hall–Kier alpha value is -0.570.